The maximum Gasteiger partial charge on any atom is 0.343 e. The van der Waals surface area contributed by atoms with Crippen molar-refractivity contribution in [3.63, 3.8) is 0 Å². The molecule has 7 nitrogen and oxygen atoms in total. The Morgan fingerprint density at radius 3 is 2.68 bits per heavy atom. The van der Waals surface area contributed by atoms with Crippen molar-refractivity contribution in [3.8, 4) is 23.0 Å². The van der Waals surface area contributed by atoms with Crippen molar-refractivity contribution in [1.29, 1.82) is 0 Å². The van der Waals surface area contributed by atoms with E-state index in [-0.39, 0.29) is 6.79 Å². The smallest absolute Gasteiger partial charge is 0.343 e. The molecule has 2 aromatic carbocycles. The Hall–Kier alpha value is -2.93. The largest absolute Gasteiger partial charge is 0.493 e. The third kappa shape index (κ3) is 2.35. The van der Waals surface area contributed by atoms with Gasteiger partial charge in [0, 0.05) is 5.56 Å². The monoisotopic (exact) mass is 343 g/mol. The van der Waals surface area contributed by atoms with Crippen molar-refractivity contribution in [3.05, 3.63) is 47.0 Å². The summed E-state index contributed by atoms with van der Waals surface area (Å²) in [6.07, 6.45) is -0.623. The number of hydrogen-bond acceptors (Lipinski definition) is 7. The van der Waals surface area contributed by atoms with Crippen LogP contribution in [-0.2, 0) is 4.74 Å². The maximum atomic E-state index is 12.4. The van der Waals surface area contributed by atoms with Gasteiger partial charge in [0.2, 0.25) is 6.79 Å². The Morgan fingerprint density at radius 2 is 1.92 bits per heavy atom. The number of rotatable bonds is 4. The molecule has 2 aliphatic rings. The Morgan fingerprint density at radius 1 is 1.12 bits per heavy atom. The van der Waals surface area contributed by atoms with Crippen molar-refractivity contribution in [2.75, 3.05) is 21.0 Å². The summed E-state index contributed by atoms with van der Waals surface area (Å²) in [5, 5.41) is 0. The van der Waals surface area contributed by atoms with Crippen LogP contribution in [0.2, 0.25) is 0 Å². The maximum absolute atomic E-state index is 12.4. The van der Waals surface area contributed by atoms with Gasteiger partial charge in [-0.25, -0.2) is 4.79 Å². The molecule has 0 amide bonds. The molecule has 0 fully saturated rings. The van der Waals surface area contributed by atoms with Crippen LogP contribution in [0.1, 0.15) is 33.6 Å². The van der Waals surface area contributed by atoms with Gasteiger partial charge in [-0.2, -0.15) is 0 Å². The van der Waals surface area contributed by atoms with Gasteiger partial charge >= 0.3 is 5.97 Å². The van der Waals surface area contributed by atoms with Crippen LogP contribution in [0.15, 0.2) is 30.3 Å². The molecule has 2 aliphatic heterocycles. The number of esters is 1. The number of ether oxygens (including phenoxy) is 5. The normalized spacial score (nSPS) is 18.5. The standard InChI is InChI=1S/C18H17NO6/c1-21-12-6-4-10-14(17(12)22-2)18(20)25-16(10)15(19)9-3-5-11-13(7-9)24-8-23-11/h3-7,15-16H,8,19H2,1-2H3/t15-,16-/m1/s1. The number of cyclic esters (lactones) is 1. The molecule has 0 saturated carbocycles. The first-order valence-corrected chi connectivity index (χ1v) is 7.75. The van der Waals surface area contributed by atoms with Gasteiger partial charge in [0.25, 0.3) is 0 Å². The van der Waals surface area contributed by atoms with E-state index in [2.05, 4.69) is 0 Å². The molecular weight excluding hydrogens is 326 g/mol. The van der Waals surface area contributed by atoms with E-state index in [0.29, 0.717) is 34.1 Å². The predicted octanol–water partition coefficient (Wildman–Crippen LogP) is 2.34. The van der Waals surface area contributed by atoms with Crippen LogP contribution in [0.4, 0.5) is 0 Å². The van der Waals surface area contributed by atoms with E-state index in [0.717, 1.165) is 5.56 Å². The summed E-state index contributed by atoms with van der Waals surface area (Å²) < 4.78 is 26.8. The Balaban J connectivity index is 1.73. The van der Waals surface area contributed by atoms with Gasteiger partial charge in [-0.15, -0.1) is 0 Å². The number of fused-ring (bicyclic) bond motifs is 2. The predicted molar refractivity (Wildman–Crippen MR) is 87.2 cm³/mol. The second-order valence-electron chi connectivity index (χ2n) is 5.73. The lowest BCUT2D eigenvalue weighted by atomic mass is 9.94. The summed E-state index contributed by atoms with van der Waals surface area (Å²) in [6.45, 7) is 0.187. The first-order valence-electron chi connectivity index (χ1n) is 7.75. The molecule has 4 rings (SSSR count). The summed E-state index contributed by atoms with van der Waals surface area (Å²) in [5.41, 5.74) is 8.19. The topological polar surface area (TPSA) is 89.2 Å². The SMILES string of the molecule is COc1ccc2c(c1OC)C(=O)O[C@H]2[C@H](N)c1ccc2c(c1)OCO2. The van der Waals surface area contributed by atoms with Crippen LogP contribution in [0.25, 0.3) is 0 Å². The molecular formula is C18H17NO6. The second-order valence-corrected chi connectivity index (χ2v) is 5.73. The molecule has 2 aromatic rings. The third-order valence-corrected chi connectivity index (χ3v) is 4.43. The summed E-state index contributed by atoms with van der Waals surface area (Å²) >= 11 is 0. The van der Waals surface area contributed by atoms with E-state index in [9.17, 15) is 4.79 Å². The fraction of sp³-hybridized carbons (Fsp3) is 0.278. The average molecular weight is 343 g/mol. The number of nitrogens with two attached hydrogens (primary N) is 1. The van der Waals surface area contributed by atoms with Gasteiger partial charge in [-0.05, 0) is 23.8 Å². The van der Waals surface area contributed by atoms with Crippen molar-refractivity contribution < 1.29 is 28.5 Å². The summed E-state index contributed by atoms with van der Waals surface area (Å²) in [5.74, 6) is 1.64. The lowest BCUT2D eigenvalue weighted by Gasteiger charge is -2.20. The molecule has 0 aliphatic carbocycles. The Labute approximate surface area is 144 Å². The van der Waals surface area contributed by atoms with E-state index >= 15 is 0 Å². The van der Waals surface area contributed by atoms with Gasteiger partial charge in [-0.1, -0.05) is 12.1 Å². The first kappa shape index (κ1) is 15.6. The number of carbonyl (C=O) groups is 1. The van der Waals surface area contributed by atoms with Gasteiger partial charge < -0.3 is 29.4 Å². The van der Waals surface area contributed by atoms with Crippen LogP contribution in [0.3, 0.4) is 0 Å². The molecule has 2 atom stereocenters. The lowest BCUT2D eigenvalue weighted by Crippen LogP contribution is -2.20. The minimum absolute atomic E-state index is 0.187. The van der Waals surface area contributed by atoms with Crippen molar-refractivity contribution in [2.24, 2.45) is 5.73 Å². The van der Waals surface area contributed by atoms with Crippen LogP contribution in [-0.4, -0.2) is 27.0 Å². The molecule has 0 bridgehead atoms. The van der Waals surface area contributed by atoms with Crippen LogP contribution < -0.4 is 24.7 Å². The summed E-state index contributed by atoms with van der Waals surface area (Å²) in [7, 11) is 3.00. The van der Waals surface area contributed by atoms with Crippen LogP contribution in [0.5, 0.6) is 23.0 Å². The minimum atomic E-state index is -0.623. The van der Waals surface area contributed by atoms with Crippen molar-refractivity contribution >= 4 is 5.97 Å². The quantitative estimate of drug-likeness (QED) is 0.852. The van der Waals surface area contributed by atoms with Crippen molar-refractivity contribution in [2.45, 2.75) is 12.1 Å². The first-order chi connectivity index (χ1) is 12.1. The zero-order chi connectivity index (χ0) is 17.6. The van der Waals surface area contributed by atoms with Gasteiger partial charge in [-0.3, -0.25) is 0 Å². The zero-order valence-corrected chi connectivity index (χ0v) is 13.8. The van der Waals surface area contributed by atoms with E-state index in [4.69, 9.17) is 29.4 Å². The van der Waals surface area contributed by atoms with Crippen molar-refractivity contribution in [1.82, 2.24) is 0 Å². The molecule has 7 heteroatoms. The Bertz CT molecular complexity index is 850. The van der Waals surface area contributed by atoms with E-state index < -0.39 is 18.1 Å². The Kier molecular flexibility index (Phi) is 3.65. The van der Waals surface area contributed by atoms with E-state index in [1.54, 1.807) is 24.3 Å². The number of carbonyl (C=O) groups excluding carboxylic acids is 1. The molecule has 0 radical (unpaired) electrons. The molecule has 0 aromatic heterocycles. The average Bonchev–Trinajstić information content (AvgIpc) is 3.24. The molecule has 0 unspecified atom stereocenters. The molecule has 0 saturated heterocycles. The highest BCUT2D eigenvalue weighted by Crippen LogP contribution is 2.46. The van der Waals surface area contributed by atoms with Gasteiger partial charge in [0.05, 0.1) is 20.3 Å². The zero-order valence-electron chi connectivity index (χ0n) is 13.8. The third-order valence-electron chi connectivity index (χ3n) is 4.43. The van der Waals surface area contributed by atoms with E-state index in [1.807, 2.05) is 6.07 Å². The molecule has 0 spiro atoms. The number of benzene rings is 2. The molecule has 25 heavy (non-hydrogen) atoms. The lowest BCUT2D eigenvalue weighted by molar-refractivity contribution is 0.0326. The fourth-order valence-corrected chi connectivity index (χ4v) is 3.19. The summed E-state index contributed by atoms with van der Waals surface area (Å²) in [6, 6.07) is 8.39. The fourth-order valence-electron chi connectivity index (χ4n) is 3.19. The highest BCUT2D eigenvalue weighted by molar-refractivity contribution is 5.98. The highest BCUT2D eigenvalue weighted by atomic mass is 16.7. The van der Waals surface area contributed by atoms with Crippen LogP contribution in [0, 0.1) is 0 Å². The van der Waals surface area contributed by atoms with E-state index in [1.165, 1.54) is 14.2 Å². The molecule has 130 valence electrons. The number of methoxy groups -OCH3 is 2. The van der Waals surface area contributed by atoms with Crippen LogP contribution >= 0.6 is 0 Å². The second kappa shape index (κ2) is 5.86. The molecule has 2 heterocycles. The highest BCUT2D eigenvalue weighted by Gasteiger charge is 2.39. The van der Waals surface area contributed by atoms with Gasteiger partial charge in [0.15, 0.2) is 23.0 Å². The summed E-state index contributed by atoms with van der Waals surface area (Å²) in [4.78, 5) is 12.4. The van der Waals surface area contributed by atoms with Gasteiger partial charge in [0.1, 0.15) is 11.7 Å². The number of hydrogen-bond donors (Lipinski definition) is 1. The minimum Gasteiger partial charge on any atom is -0.493 e. The molecule has 2 N–H and O–H groups in total.